The summed E-state index contributed by atoms with van der Waals surface area (Å²) in [6.45, 7) is 10.5. The topological polar surface area (TPSA) is 80.7 Å². The second-order valence-electron chi connectivity index (χ2n) is 12.5. The maximum atomic E-state index is 12.5. The minimum absolute atomic E-state index is 0.0242. The fourth-order valence-corrected chi connectivity index (χ4v) is 5.62. The number of carbonyl (C=O) groups excluding carboxylic acids is 1. The quantitative estimate of drug-likeness (QED) is 0.279. The number of nitrogens with zero attached hydrogens (tertiary/aromatic N) is 2. The van der Waals surface area contributed by atoms with Crippen molar-refractivity contribution in [2.45, 2.75) is 65.4 Å². The average molecular weight is 601 g/mol. The molecule has 2 aliphatic rings. The summed E-state index contributed by atoms with van der Waals surface area (Å²) >= 11 is 0. The van der Waals surface area contributed by atoms with Crippen LogP contribution in [-0.2, 0) is 24.4 Å². The number of rotatable bonds is 10. The highest BCUT2D eigenvalue weighted by Gasteiger charge is 2.28. The van der Waals surface area contributed by atoms with Crippen LogP contribution < -0.4 is 14.2 Å². The Morgan fingerprint density at radius 1 is 1.11 bits per heavy atom. The zero-order chi connectivity index (χ0) is 31.3. The van der Waals surface area contributed by atoms with E-state index in [1.165, 1.54) is 5.56 Å². The molecule has 2 heterocycles. The lowest BCUT2D eigenvalue weighted by atomic mass is 9.89. The zero-order valence-electron chi connectivity index (χ0n) is 26.5. The second kappa shape index (κ2) is 13.7. The highest BCUT2D eigenvalue weighted by atomic mass is 16.7. The first-order valence-electron chi connectivity index (χ1n) is 15.3. The molecule has 0 radical (unpaired) electrons. The molecule has 1 atom stereocenters. The van der Waals surface area contributed by atoms with E-state index in [-0.39, 0.29) is 25.5 Å². The molecule has 234 valence electrons. The standard InChI is InChI=1S/C36H44N2O6/c1-25-18-33-34(43-24-42-33)20-27(25)12-13-31-30-19-29(22-39)32(41-23-26-10-7-6-8-11-26)21-28(30)14-17-38(31)16-9-15-37(5)35(40)44-36(2,3)4/h6-8,10-13,18-21,31,39H,9,14-17,22-24H2,1-5H3/b13-12+. The molecule has 0 fully saturated rings. The summed E-state index contributed by atoms with van der Waals surface area (Å²) in [6, 6.07) is 18.3. The maximum absolute atomic E-state index is 12.5. The molecule has 3 aromatic carbocycles. The number of aliphatic hydroxyl groups excluding tert-OH is 1. The predicted molar refractivity (Wildman–Crippen MR) is 171 cm³/mol. The van der Waals surface area contributed by atoms with E-state index in [2.05, 4.69) is 36.1 Å². The molecule has 8 nitrogen and oxygen atoms in total. The van der Waals surface area contributed by atoms with Crippen LogP contribution in [0.3, 0.4) is 0 Å². The van der Waals surface area contributed by atoms with Crippen molar-refractivity contribution in [2.24, 2.45) is 0 Å². The van der Waals surface area contributed by atoms with Crippen LogP contribution in [0.2, 0.25) is 0 Å². The molecule has 0 saturated carbocycles. The van der Waals surface area contributed by atoms with Crippen LogP contribution >= 0.6 is 0 Å². The first-order chi connectivity index (χ1) is 21.1. The molecule has 0 aromatic heterocycles. The molecule has 0 saturated heterocycles. The Bertz CT molecular complexity index is 1480. The first-order valence-corrected chi connectivity index (χ1v) is 15.3. The van der Waals surface area contributed by atoms with Gasteiger partial charge in [-0.15, -0.1) is 0 Å². The third-order valence-electron chi connectivity index (χ3n) is 7.97. The number of amides is 1. The van der Waals surface area contributed by atoms with Crippen LogP contribution in [-0.4, -0.2) is 60.1 Å². The van der Waals surface area contributed by atoms with Crippen molar-refractivity contribution in [1.82, 2.24) is 9.80 Å². The van der Waals surface area contributed by atoms with E-state index in [9.17, 15) is 9.90 Å². The minimum Gasteiger partial charge on any atom is -0.489 e. The van der Waals surface area contributed by atoms with Gasteiger partial charge in [-0.3, -0.25) is 4.90 Å². The van der Waals surface area contributed by atoms with Crippen LogP contribution in [0.5, 0.6) is 17.2 Å². The SMILES string of the molecule is Cc1cc2c(cc1/C=C/C1c3cc(CO)c(OCc4ccccc4)cc3CCN1CCCN(C)C(=O)OC(C)(C)C)OCO2. The number of benzene rings is 3. The molecule has 8 heteroatoms. The van der Waals surface area contributed by atoms with Gasteiger partial charge in [0.2, 0.25) is 6.79 Å². The van der Waals surface area contributed by atoms with E-state index in [0.717, 1.165) is 71.0 Å². The summed E-state index contributed by atoms with van der Waals surface area (Å²) in [5.41, 5.74) is 5.86. The Balaban J connectivity index is 1.38. The number of hydrogen-bond donors (Lipinski definition) is 1. The number of fused-ring (bicyclic) bond motifs is 2. The van der Waals surface area contributed by atoms with Crippen molar-refractivity contribution in [3.05, 3.63) is 94.1 Å². The van der Waals surface area contributed by atoms with Gasteiger partial charge < -0.3 is 29.0 Å². The molecule has 0 aliphatic carbocycles. The van der Waals surface area contributed by atoms with Crippen molar-refractivity contribution < 1.29 is 28.8 Å². The Hall–Kier alpha value is -4.01. The number of aliphatic hydroxyl groups is 1. The lowest BCUT2D eigenvalue weighted by Gasteiger charge is -2.37. The fourth-order valence-electron chi connectivity index (χ4n) is 5.62. The van der Waals surface area contributed by atoms with Gasteiger partial charge in [0.1, 0.15) is 18.0 Å². The number of ether oxygens (including phenoxy) is 4. The minimum atomic E-state index is -0.529. The zero-order valence-corrected chi connectivity index (χ0v) is 26.5. The summed E-state index contributed by atoms with van der Waals surface area (Å²) in [7, 11) is 1.78. The van der Waals surface area contributed by atoms with E-state index in [1.807, 2.05) is 63.2 Å². The van der Waals surface area contributed by atoms with Gasteiger partial charge in [0, 0.05) is 32.2 Å². The fraction of sp³-hybridized carbons (Fsp3) is 0.417. The number of hydrogen-bond acceptors (Lipinski definition) is 7. The van der Waals surface area contributed by atoms with Gasteiger partial charge in [0.05, 0.1) is 12.6 Å². The van der Waals surface area contributed by atoms with Crippen LogP contribution in [0.4, 0.5) is 4.79 Å². The third kappa shape index (κ3) is 7.73. The number of aryl methyl sites for hydroxylation is 1. The van der Waals surface area contributed by atoms with Gasteiger partial charge in [-0.25, -0.2) is 4.79 Å². The molecule has 2 aliphatic heterocycles. The van der Waals surface area contributed by atoms with Crippen LogP contribution in [0, 0.1) is 6.92 Å². The Labute approximate surface area is 260 Å². The van der Waals surface area contributed by atoms with E-state index < -0.39 is 5.60 Å². The van der Waals surface area contributed by atoms with Crippen LogP contribution in [0.25, 0.3) is 6.08 Å². The average Bonchev–Trinajstić information content (AvgIpc) is 3.45. The van der Waals surface area contributed by atoms with E-state index in [4.69, 9.17) is 18.9 Å². The van der Waals surface area contributed by atoms with Gasteiger partial charge in [-0.1, -0.05) is 42.5 Å². The Morgan fingerprint density at radius 3 is 2.59 bits per heavy atom. The molecule has 1 amide bonds. The second-order valence-corrected chi connectivity index (χ2v) is 12.5. The van der Waals surface area contributed by atoms with Crippen LogP contribution in [0.1, 0.15) is 66.6 Å². The van der Waals surface area contributed by atoms with Gasteiger partial charge in [0.15, 0.2) is 11.5 Å². The molecule has 44 heavy (non-hydrogen) atoms. The van der Waals surface area contributed by atoms with Crippen molar-refractivity contribution in [2.75, 3.05) is 33.5 Å². The summed E-state index contributed by atoms with van der Waals surface area (Å²) in [5, 5.41) is 10.4. The van der Waals surface area contributed by atoms with Crippen molar-refractivity contribution in [3.63, 3.8) is 0 Å². The molecular formula is C36H44N2O6. The maximum Gasteiger partial charge on any atom is 0.410 e. The largest absolute Gasteiger partial charge is 0.489 e. The molecule has 5 rings (SSSR count). The summed E-state index contributed by atoms with van der Waals surface area (Å²) in [6.07, 6.45) is 5.72. The lowest BCUT2D eigenvalue weighted by Crippen LogP contribution is -2.38. The molecular weight excluding hydrogens is 556 g/mol. The normalized spacial score (nSPS) is 16.2. The summed E-state index contributed by atoms with van der Waals surface area (Å²) in [5.74, 6) is 2.25. The van der Waals surface area contributed by atoms with Crippen molar-refractivity contribution >= 4 is 12.2 Å². The smallest absolute Gasteiger partial charge is 0.410 e. The highest BCUT2D eigenvalue weighted by Crippen LogP contribution is 2.38. The van der Waals surface area contributed by atoms with Gasteiger partial charge in [0.25, 0.3) is 0 Å². The monoisotopic (exact) mass is 600 g/mol. The first kappa shape index (κ1) is 31.4. The van der Waals surface area contributed by atoms with E-state index in [1.54, 1.807) is 11.9 Å². The lowest BCUT2D eigenvalue weighted by molar-refractivity contribution is 0.0291. The van der Waals surface area contributed by atoms with E-state index >= 15 is 0 Å². The molecule has 3 aromatic rings. The third-order valence-corrected chi connectivity index (χ3v) is 7.97. The molecule has 0 spiro atoms. The number of carbonyl (C=O) groups is 1. The predicted octanol–water partition coefficient (Wildman–Crippen LogP) is 6.66. The van der Waals surface area contributed by atoms with Crippen molar-refractivity contribution in [3.8, 4) is 17.2 Å². The van der Waals surface area contributed by atoms with Crippen LogP contribution in [0.15, 0.2) is 60.7 Å². The van der Waals surface area contributed by atoms with Gasteiger partial charge in [-0.05, 0) is 92.6 Å². The van der Waals surface area contributed by atoms with Gasteiger partial charge >= 0.3 is 6.09 Å². The summed E-state index contributed by atoms with van der Waals surface area (Å²) < 4.78 is 22.9. The van der Waals surface area contributed by atoms with E-state index in [0.29, 0.717) is 13.2 Å². The summed E-state index contributed by atoms with van der Waals surface area (Å²) in [4.78, 5) is 16.6. The van der Waals surface area contributed by atoms with Gasteiger partial charge in [-0.2, -0.15) is 0 Å². The molecule has 0 bridgehead atoms. The Kier molecular flexibility index (Phi) is 9.81. The highest BCUT2D eigenvalue weighted by molar-refractivity contribution is 5.67. The Morgan fingerprint density at radius 2 is 1.86 bits per heavy atom. The molecule has 1 unspecified atom stereocenters. The van der Waals surface area contributed by atoms with Crippen molar-refractivity contribution in [1.29, 1.82) is 0 Å². The molecule has 1 N–H and O–H groups in total.